The summed E-state index contributed by atoms with van der Waals surface area (Å²) in [5.41, 5.74) is 1.26. The van der Waals surface area contributed by atoms with Gasteiger partial charge in [-0.25, -0.2) is 0 Å². The molecule has 15 heavy (non-hydrogen) atoms. The number of hydrogen-bond donors (Lipinski definition) is 1. The van der Waals surface area contributed by atoms with Gasteiger partial charge in [0.25, 0.3) is 0 Å². The molecule has 0 amide bonds. The van der Waals surface area contributed by atoms with Crippen LogP contribution in [0.3, 0.4) is 0 Å². The lowest BCUT2D eigenvalue weighted by atomic mass is 10.0. The van der Waals surface area contributed by atoms with E-state index in [0.717, 1.165) is 18.7 Å². The fraction of sp³-hybridized carbons (Fsp3) is 0.500. The van der Waals surface area contributed by atoms with Gasteiger partial charge in [0.1, 0.15) is 0 Å². The molecule has 1 N–H and O–H groups in total. The van der Waals surface area contributed by atoms with Crippen LogP contribution in [0.25, 0.3) is 0 Å². The Morgan fingerprint density at radius 3 is 2.80 bits per heavy atom. The van der Waals surface area contributed by atoms with E-state index in [0.29, 0.717) is 0 Å². The van der Waals surface area contributed by atoms with Gasteiger partial charge in [-0.1, -0.05) is 37.3 Å². The summed E-state index contributed by atoms with van der Waals surface area (Å²) in [5.74, 6) is 0.793. The molecule has 1 aromatic carbocycles. The van der Waals surface area contributed by atoms with Gasteiger partial charge in [-0.15, -0.1) is 0 Å². The lowest BCUT2D eigenvalue weighted by Crippen LogP contribution is -2.43. The molecule has 82 valence electrons. The van der Waals surface area contributed by atoms with Crippen molar-refractivity contribution in [3.63, 3.8) is 0 Å². The Balaban J connectivity index is 2.23. The van der Waals surface area contributed by atoms with Crippen molar-refractivity contribution in [3.05, 3.63) is 35.9 Å². The first-order valence-corrected chi connectivity index (χ1v) is 6.86. The summed E-state index contributed by atoms with van der Waals surface area (Å²) in [6.07, 6.45) is 0.971. The minimum absolute atomic E-state index is 0.265. The van der Waals surface area contributed by atoms with Gasteiger partial charge in [0.15, 0.2) is 0 Å². The zero-order valence-corrected chi connectivity index (χ0v) is 9.80. The van der Waals surface area contributed by atoms with Gasteiger partial charge in [0, 0.05) is 29.1 Å². The highest BCUT2D eigenvalue weighted by molar-refractivity contribution is 7.85. The van der Waals surface area contributed by atoms with E-state index in [9.17, 15) is 4.21 Å². The van der Waals surface area contributed by atoms with Crippen molar-refractivity contribution in [2.45, 2.75) is 24.6 Å². The molecule has 2 rings (SSSR count). The van der Waals surface area contributed by atoms with Crippen LogP contribution in [0.15, 0.2) is 30.3 Å². The van der Waals surface area contributed by atoms with Crippen LogP contribution >= 0.6 is 0 Å². The Hall–Kier alpha value is -0.670. The van der Waals surface area contributed by atoms with Crippen molar-refractivity contribution < 1.29 is 4.21 Å². The second-order valence-electron chi connectivity index (χ2n) is 3.87. The van der Waals surface area contributed by atoms with Crippen molar-refractivity contribution in [1.29, 1.82) is 0 Å². The molecule has 1 fully saturated rings. The maximum absolute atomic E-state index is 11.9. The molecule has 2 nitrogen and oxygen atoms in total. The summed E-state index contributed by atoms with van der Waals surface area (Å²) in [5, 5.41) is 3.74. The normalized spacial score (nSPS) is 31.4. The molecule has 3 unspecified atom stereocenters. The van der Waals surface area contributed by atoms with Crippen molar-refractivity contribution in [2.75, 3.05) is 12.3 Å². The molecule has 3 atom stereocenters. The van der Waals surface area contributed by atoms with Crippen molar-refractivity contribution in [2.24, 2.45) is 0 Å². The number of nitrogens with one attached hydrogen (secondary N) is 1. The molecular weight excluding hydrogens is 206 g/mol. The van der Waals surface area contributed by atoms with E-state index < -0.39 is 10.8 Å². The lowest BCUT2D eigenvalue weighted by Gasteiger charge is -2.31. The number of benzene rings is 1. The predicted octanol–water partition coefficient (Wildman–Crippen LogP) is 1.86. The second-order valence-corrected chi connectivity index (χ2v) is 5.65. The van der Waals surface area contributed by atoms with Gasteiger partial charge < -0.3 is 5.32 Å². The van der Waals surface area contributed by atoms with Crippen LogP contribution in [0.2, 0.25) is 0 Å². The number of hydrogen-bond acceptors (Lipinski definition) is 2. The average molecular weight is 223 g/mol. The summed E-state index contributed by atoms with van der Waals surface area (Å²) in [6.45, 7) is 2.98. The fourth-order valence-electron chi connectivity index (χ4n) is 2.16. The van der Waals surface area contributed by atoms with Gasteiger partial charge in [-0.2, -0.15) is 0 Å². The fourth-order valence-corrected chi connectivity index (χ4v) is 3.71. The highest BCUT2D eigenvalue weighted by Crippen LogP contribution is 2.25. The second kappa shape index (κ2) is 4.90. The van der Waals surface area contributed by atoms with E-state index in [-0.39, 0.29) is 11.3 Å². The average Bonchev–Trinajstić information content (AvgIpc) is 2.30. The van der Waals surface area contributed by atoms with Crippen LogP contribution < -0.4 is 5.32 Å². The Bertz CT molecular complexity index is 339. The van der Waals surface area contributed by atoms with Gasteiger partial charge >= 0.3 is 0 Å². The van der Waals surface area contributed by atoms with Gasteiger partial charge in [-0.05, 0) is 12.0 Å². The summed E-state index contributed by atoms with van der Waals surface area (Å²) >= 11 is 0. The monoisotopic (exact) mass is 223 g/mol. The summed E-state index contributed by atoms with van der Waals surface area (Å²) in [7, 11) is -0.671. The lowest BCUT2D eigenvalue weighted by molar-refractivity contribution is 0.490. The van der Waals surface area contributed by atoms with Gasteiger partial charge in [0.05, 0.1) is 5.25 Å². The Morgan fingerprint density at radius 2 is 2.13 bits per heavy atom. The third-order valence-electron chi connectivity index (χ3n) is 2.94. The standard InChI is InChI=1S/C12H17NOS/c1-2-11-12(13-8-9-15(11)14)10-6-4-3-5-7-10/h3-7,11-13H,2,8-9H2,1H3. The van der Waals surface area contributed by atoms with Crippen molar-refractivity contribution in [1.82, 2.24) is 5.32 Å². The van der Waals surface area contributed by atoms with E-state index in [2.05, 4.69) is 24.4 Å². The zero-order valence-electron chi connectivity index (χ0n) is 8.98. The van der Waals surface area contributed by atoms with E-state index >= 15 is 0 Å². The van der Waals surface area contributed by atoms with Crippen molar-refractivity contribution >= 4 is 10.8 Å². The van der Waals surface area contributed by atoms with E-state index in [1.807, 2.05) is 18.2 Å². The molecule has 0 radical (unpaired) electrons. The maximum Gasteiger partial charge on any atom is 0.0540 e. The molecule has 0 saturated carbocycles. The van der Waals surface area contributed by atoms with Gasteiger partial charge in [-0.3, -0.25) is 4.21 Å². The highest BCUT2D eigenvalue weighted by Gasteiger charge is 2.29. The van der Waals surface area contributed by atoms with Crippen LogP contribution in [0, 0.1) is 0 Å². The maximum atomic E-state index is 11.9. The molecule has 1 heterocycles. The Morgan fingerprint density at radius 1 is 1.40 bits per heavy atom. The third kappa shape index (κ3) is 2.29. The molecule has 1 aromatic rings. The van der Waals surface area contributed by atoms with Crippen LogP contribution in [0.1, 0.15) is 24.9 Å². The molecular formula is C12H17NOS. The first-order valence-electron chi connectivity index (χ1n) is 5.48. The van der Waals surface area contributed by atoms with E-state index in [4.69, 9.17) is 0 Å². The molecule has 0 spiro atoms. The van der Waals surface area contributed by atoms with Gasteiger partial charge in [0.2, 0.25) is 0 Å². The minimum atomic E-state index is -0.671. The third-order valence-corrected chi connectivity index (χ3v) is 4.83. The van der Waals surface area contributed by atoms with Crippen LogP contribution in [-0.2, 0) is 10.8 Å². The topological polar surface area (TPSA) is 29.1 Å². The van der Waals surface area contributed by atoms with Crippen LogP contribution in [0.4, 0.5) is 0 Å². The molecule has 0 bridgehead atoms. The minimum Gasteiger partial charge on any atom is -0.308 e. The Kier molecular flexibility index (Phi) is 3.54. The van der Waals surface area contributed by atoms with E-state index in [1.165, 1.54) is 5.56 Å². The smallest absolute Gasteiger partial charge is 0.0540 e. The molecule has 3 heteroatoms. The largest absolute Gasteiger partial charge is 0.308 e. The quantitative estimate of drug-likeness (QED) is 0.829. The molecule has 0 aromatic heterocycles. The molecule has 0 aliphatic carbocycles. The first kappa shape index (κ1) is 10.8. The Labute approximate surface area is 93.5 Å². The first-order chi connectivity index (χ1) is 7.33. The summed E-state index contributed by atoms with van der Waals surface area (Å²) in [6, 6.07) is 10.6. The van der Waals surface area contributed by atoms with Crippen LogP contribution in [0.5, 0.6) is 0 Å². The SMILES string of the molecule is CCC1C(c2ccccc2)NCCS1=O. The predicted molar refractivity (Wildman–Crippen MR) is 64.3 cm³/mol. The molecule has 1 aliphatic heterocycles. The highest BCUT2D eigenvalue weighted by atomic mass is 32.2. The summed E-state index contributed by atoms with van der Waals surface area (Å²) in [4.78, 5) is 0. The zero-order chi connectivity index (χ0) is 10.7. The van der Waals surface area contributed by atoms with Crippen molar-refractivity contribution in [3.8, 4) is 0 Å². The summed E-state index contributed by atoms with van der Waals surface area (Å²) < 4.78 is 11.9. The van der Waals surface area contributed by atoms with E-state index in [1.54, 1.807) is 0 Å². The van der Waals surface area contributed by atoms with Crippen LogP contribution in [-0.4, -0.2) is 21.8 Å². The molecule has 1 saturated heterocycles. The molecule has 1 aliphatic rings. The number of rotatable bonds is 2.